The van der Waals surface area contributed by atoms with Gasteiger partial charge in [0.1, 0.15) is 12.0 Å². The van der Waals surface area contributed by atoms with Gasteiger partial charge >= 0.3 is 5.69 Å². The number of rotatable bonds is 3. The molecule has 6 heteroatoms. The zero-order chi connectivity index (χ0) is 10.7. The highest BCUT2D eigenvalue weighted by atomic mass is 16.6. The van der Waals surface area contributed by atoms with Gasteiger partial charge in [-0.2, -0.15) is 0 Å². The van der Waals surface area contributed by atoms with E-state index in [1.165, 1.54) is 6.33 Å². The number of nitrogens with zero attached hydrogens (tertiary/aromatic N) is 3. The average molecular weight is 196 g/mol. The van der Waals surface area contributed by atoms with Gasteiger partial charge < -0.3 is 5.32 Å². The van der Waals surface area contributed by atoms with Gasteiger partial charge in [-0.15, -0.1) is 0 Å². The van der Waals surface area contributed by atoms with Crippen LogP contribution >= 0.6 is 0 Å². The topological polar surface area (TPSA) is 81.0 Å². The molecule has 1 heterocycles. The highest BCUT2D eigenvalue weighted by Crippen LogP contribution is 2.29. The largest absolute Gasteiger partial charge is 0.367 e. The van der Waals surface area contributed by atoms with Gasteiger partial charge in [0, 0.05) is 13.0 Å². The minimum absolute atomic E-state index is 0.00509. The van der Waals surface area contributed by atoms with E-state index in [0.29, 0.717) is 5.69 Å². The lowest BCUT2D eigenvalue weighted by Crippen LogP contribution is -2.06. The third-order valence-corrected chi connectivity index (χ3v) is 1.82. The molecule has 0 atom stereocenters. The second kappa shape index (κ2) is 3.99. The van der Waals surface area contributed by atoms with Crippen LogP contribution in [0.15, 0.2) is 6.33 Å². The van der Waals surface area contributed by atoms with E-state index in [4.69, 9.17) is 0 Å². The molecule has 14 heavy (non-hydrogen) atoms. The van der Waals surface area contributed by atoms with E-state index in [1.54, 1.807) is 7.05 Å². The normalized spacial score (nSPS) is 10.3. The summed E-state index contributed by atoms with van der Waals surface area (Å²) in [5.41, 5.74) is 0.416. The first-order valence-corrected chi connectivity index (χ1v) is 4.25. The molecule has 0 saturated heterocycles. The van der Waals surface area contributed by atoms with Crippen LogP contribution in [0.3, 0.4) is 0 Å². The minimum Gasteiger partial charge on any atom is -0.367 e. The predicted molar refractivity (Wildman–Crippen MR) is 52.3 cm³/mol. The van der Waals surface area contributed by atoms with Crippen LogP contribution in [0.5, 0.6) is 0 Å². The molecule has 0 bridgehead atoms. The molecule has 0 radical (unpaired) electrons. The van der Waals surface area contributed by atoms with E-state index in [-0.39, 0.29) is 17.4 Å². The summed E-state index contributed by atoms with van der Waals surface area (Å²) in [5.74, 6) is 0.263. The SMILES string of the molecule is CNc1ncnc(C(C)C)c1[N+](=O)[O-]. The summed E-state index contributed by atoms with van der Waals surface area (Å²) >= 11 is 0. The van der Waals surface area contributed by atoms with Crippen molar-refractivity contribution in [2.45, 2.75) is 19.8 Å². The minimum atomic E-state index is -0.457. The van der Waals surface area contributed by atoms with E-state index in [2.05, 4.69) is 15.3 Å². The molecule has 76 valence electrons. The van der Waals surface area contributed by atoms with Gasteiger partial charge in [-0.25, -0.2) is 9.97 Å². The number of aromatic nitrogens is 2. The summed E-state index contributed by atoms with van der Waals surface area (Å²) in [6, 6.07) is 0. The molecule has 0 amide bonds. The van der Waals surface area contributed by atoms with Gasteiger partial charge in [0.15, 0.2) is 0 Å². The van der Waals surface area contributed by atoms with E-state index >= 15 is 0 Å². The fraction of sp³-hybridized carbons (Fsp3) is 0.500. The first kappa shape index (κ1) is 10.4. The molecular formula is C8H12N4O2. The van der Waals surface area contributed by atoms with Crippen LogP contribution in [0.2, 0.25) is 0 Å². The van der Waals surface area contributed by atoms with Crippen molar-refractivity contribution in [3.63, 3.8) is 0 Å². The molecular weight excluding hydrogens is 184 g/mol. The van der Waals surface area contributed by atoms with Gasteiger partial charge in [-0.3, -0.25) is 10.1 Å². The van der Waals surface area contributed by atoms with E-state index in [1.807, 2.05) is 13.8 Å². The molecule has 0 aromatic carbocycles. The maximum Gasteiger partial charge on any atom is 0.332 e. The second-order valence-corrected chi connectivity index (χ2v) is 3.12. The molecule has 1 aromatic rings. The molecule has 1 aromatic heterocycles. The van der Waals surface area contributed by atoms with Crippen molar-refractivity contribution in [3.8, 4) is 0 Å². The van der Waals surface area contributed by atoms with Gasteiger partial charge in [-0.05, 0) is 0 Å². The van der Waals surface area contributed by atoms with Crippen molar-refractivity contribution in [2.75, 3.05) is 12.4 Å². The molecule has 0 fully saturated rings. The quantitative estimate of drug-likeness (QED) is 0.586. The van der Waals surface area contributed by atoms with Gasteiger partial charge in [0.25, 0.3) is 0 Å². The molecule has 1 rings (SSSR count). The van der Waals surface area contributed by atoms with Crippen LogP contribution < -0.4 is 5.32 Å². The van der Waals surface area contributed by atoms with Gasteiger partial charge in [-0.1, -0.05) is 13.8 Å². The lowest BCUT2D eigenvalue weighted by atomic mass is 10.1. The Morgan fingerprint density at radius 1 is 1.50 bits per heavy atom. The van der Waals surface area contributed by atoms with Crippen LogP contribution in [-0.2, 0) is 0 Å². The molecule has 0 unspecified atom stereocenters. The van der Waals surface area contributed by atoms with Crippen LogP contribution in [0.1, 0.15) is 25.5 Å². The Morgan fingerprint density at radius 2 is 2.14 bits per heavy atom. The molecule has 6 nitrogen and oxygen atoms in total. The number of anilines is 1. The highest BCUT2D eigenvalue weighted by Gasteiger charge is 2.23. The van der Waals surface area contributed by atoms with Gasteiger partial charge in [0.05, 0.1) is 4.92 Å². The van der Waals surface area contributed by atoms with E-state index < -0.39 is 4.92 Å². The molecule has 0 saturated carbocycles. The molecule has 0 aliphatic carbocycles. The zero-order valence-corrected chi connectivity index (χ0v) is 8.31. The van der Waals surface area contributed by atoms with Crippen molar-refractivity contribution in [2.24, 2.45) is 0 Å². The standard InChI is InChI=1S/C8H12N4O2/c1-5(2)6-7(12(13)14)8(9-3)11-4-10-6/h4-5H,1-3H3,(H,9,10,11). The predicted octanol–water partition coefficient (Wildman–Crippen LogP) is 1.55. The Balaban J connectivity index is 3.35. The van der Waals surface area contributed by atoms with Crippen LogP contribution in [-0.4, -0.2) is 21.9 Å². The monoisotopic (exact) mass is 196 g/mol. The molecule has 1 N–H and O–H groups in total. The van der Waals surface area contributed by atoms with Crippen molar-refractivity contribution in [1.29, 1.82) is 0 Å². The Morgan fingerprint density at radius 3 is 2.57 bits per heavy atom. The fourth-order valence-corrected chi connectivity index (χ4v) is 1.18. The Bertz CT molecular complexity index is 351. The highest BCUT2D eigenvalue weighted by molar-refractivity contribution is 5.58. The molecule has 0 spiro atoms. The molecule has 0 aliphatic heterocycles. The summed E-state index contributed by atoms with van der Waals surface area (Å²) in [7, 11) is 1.60. The molecule has 0 aliphatic rings. The van der Waals surface area contributed by atoms with Crippen LogP contribution in [0, 0.1) is 10.1 Å². The Hall–Kier alpha value is -1.72. The summed E-state index contributed by atoms with van der Waals surface area (Å²) in [5, 5.41) is 13.5. The summed E-state index contributed by atoms with van der Waals surface area (Å²) in [6.07, 6.45) is 1.33. The summed E-state index contributed by atoms with van der Waals surface area (Å²) < 4.78 is 0. The van der Waals surface area contributed by atoms with Crippen molar-refractivity contribution >= 4 is 11.5 Å². The third-order valence-electron chi connectivity index (χ3n) is 1.82. The number of nitrogens with one attached hydrogen (secondary N) is 1. The third kappa shape index (κ3) is 1.78. The van der Waals surface area contributed by atoms with Crippen molar-refractivity contribution < 1.29 is 4.92 Å². The van der Waals surface area contributed by atoms with Gasteiger partial charge in [0.2, 0.25) is 5.82 Å². The zero-order valence-electron chi connectivity index (χ0n) is 8.31. The lowest BCUT2D eigenvalue weighted by Gasteiger charge is -2.07. The first-order valence-electron chi connectivity index (χ1n) is 4.25. The Labute approximate surface area is 81.5 Å². The first-order chi connectivity index (χ1) is 6.57. The lowest BCUT2D eigenvalue weighted by molar-refractivity contribution is -0.385. The maximum atomic E-state index is 10.8. The maximum absolute atomic E-state index is 10.8. The summed E-state index contributed by atoms with van der Waals surface area (Å²) in [6.45, 7) is 3.71. The van der Waals surface area contributed by atoms with Crippen LogP contribution in [0.25, 0.3) is 0 Å². The number of nitro groups is 1. The number of hydrogen-bond donors (Lipinski definition) is 1. The average Bonchev–Trinajstić information content (AvgIpc) is 2.16. The second-order valence-electron chi connectivity index (χ2n) is 3.12. The van der Waals surface area contributed by atoms with Crippen molar-refractivity contribution in [3.05, 3.63) is 22.1 Å². The smallest absolute Gasteiger partial charge is 0.332 e. The van der Waals surface area contributed by atoms with Crippen LogP contribution in [0.4, 0.5) is 11.5 Å². The van der Waals surface area contributed by atoms with E-state index in [0.717, 1.165) is 0 Å². The Kier molecular flexibility index (Phi) is 2.95. The van der Waals surface area contributed by atoms with E-state index in [9.17, 15) is 10.1 Å². The number of hydrogen-bond acceptors (Lipinski definition) is 5. The summed E-state index contributed by atoms with van der Waals surface area (Å²) in [4.78, 5) is 18.0. The van der Waals surface area contributed by atoms with Crippen molar-refractivity contribution in [1.82, 2.24) is 9.97 Å². The fourth-order valence-electron chi connectivity index (χ4n) is 1.18.